The lowest BCUT2D eigenvalue weighted by Gasteiger charge is -2.28. The maximum Gasteiger partial charge on any atom is 0.371 e. The molecule has 0 saturated heterocycles. The zero-order valence-corrected chi connectivity index (χ0v) is 9.93. The van der Waals surface area contributed by atoms with Crippen LogP contribution >= 0.6 is 0 Å². The molecule has 0 N–H and O–H groups in total. The fraction of sp³-hybridized carbons (Fsp3) is 0.333. The Labute approximate surface area is 99.3 Å². The molecule has 0 radical (unpaired) electrons. The predicted molar refractivity (Wildman–Crippen MR) is 59.5 cm³/mol. The van der Waals surface area contributed by atoms with Crippen molar-refractivity contribution >= 4 is 12.3 Å². The average molecular weight is 238 g/mol. The number of esters is 1. The van der Waals surface area contributed by atoms with E-state index in [1.807, 2.05) is 0 Å². The van der Waals surface area contributed by atoms with Crippen LogP contribution in [0.5, 0.6) is 0 Å². The van der Waals surface area contributed by atoms with Crippen LogP contribution in [0.2, 0.25) is 0 Å². The van der Waals surface area contributed by atoms with Gasteiger partial charge in [0.1, 0.15) is 0 Å². The van der Waals surface area contributed by atoms with E-state index in [4.69, 9.17) is 9.47 Å². The third-order valence-corrected chi connectivity index (χ3v) is 2.47. The summed E-state index contributed by atoms with van der Waals surface area (Å²) in [6, 6.07) is 6.50. The SMILES string of the molecule is COC(=O)C(OC)(OC)c1ccccc1C=O. The standard InChI is InChI=1S/C12H14O5/c1-15-11(14)12(16-2,17-3)10-7-5-4-6-9(10)8-13/h4-8H,1-3H3. The van der Waals surface area contributed by atoms with Crippen molar-refractivity contribution < 1.29 is 23.8 Å². The molecular formula is C12H14O5. The first-order valence-electron chi connectivity index (χ1n) is 4.89. The average Bonchev–Trinajstić information content (AvgIpc) is 2.41. The molecule has 0 aliphatic rings. The summed E-state index contributed by atoms with van der Waals surface area (Å²) in [7, 11) is 3.84. The highest BCUT2D eigenvalue weighted by Gasteiger charge is 2.44. The first-order chi connectivity index (χ1) is 8.16. The Morgan fingerprint density at radius 2 is 1.76 bits per heavy atom. The molecule has 0 heterocycles. The molecule has 0 aromatic heterocycles. The molecule has 0 spiro atoms. The fourth-order valence-electron chi connectivity index (χ4n) is 1.61. The van der Waals surface area contributed by atoms with E-state index in [0.717, 1.165) is 0 Å². The molecule has 1 aromatic rings. The highest BCUT2D eigenvalue weighted by molar-refractivity contribution is 5.85. The first kappa shape index (κ1) is 13.3. The Morgan fingerprint density at radius 3 is 2.24 bits per heavy atom. The van der Waals surface area contributed by atoms with Crippen molar-refractivity contribution in [2.24, 2.45) is 0 Å². The molecule has 0 fully saturated rings. The van der Waals surface area contributed by atoms with Gasteiger partial charge >= 0.3 is 5.97 Å². The Kier molecular flexibility index (Phi) is 4.37. The maximum absolute atomic E-state index is 11.8. The summed E-state index contributed by atoms with van der Waals surface area (Å²) in [5, 5.41) is 0. The molecule has 0 aliphatic carbocycles. The number of carbonyl (C=O) groups is 2. The molecule has 92 valence electrons. The normalized spacial score (nSPS) is 11.0. The van der Waals surface area contributed by atoms with Crippen LogP contribution < -0.4 is 0 Å². The van der Waals surface area contributed by atoms with Gasteiger partial charge < -0.3 is 14.2 Å². The number of carbonyl (C=O) groups excluding carboxylic acids is 2. The molecule has 0 unspecified atom stereocenters. The summed E-state index contributed by atoms with van der Waals surface area (Å²) in [5.41, 5.74) is 0.619. The summed E-state index contributed by atoms with van der Waals surface area (Å²) in [6.45, 7) is 0. The molecule has 0 amide bonds. The Bertz CT molecular complexity index is 409. The highest BCUT2D eigenvalue weighted by Crippen LogP contribution is 2.29. The van der Waals surface area contributed by atoms with Crippen molar-refractivity contribution in [2.75, 3.05) is 21.3 Å². The third kappa shape index (κ3) is 2.20. The van der Waals surface area contributed by atoms with Crippen molar-refractivity contribution in [3.05, 3.63) is 35.4 Å². The molecule has 0 saturated carbocycles. The van der Waals surface area contributed by atoms with Crippen LogP contribution in [0.3, 0.4) is 0 Å². The summed E-state index contributed by atoms with van der Waals surface area (Å²) in [6.07, 6.45) is 0.630. The van der Waals surface area contributed by atoms with Crippen LogP contribution in [0, 0.1) is 0 Å². The molecule has 1 rings (SSSR count). The topological polar surface area (TPSA) is 61.8 Å². The minimum absolute atomic E-state index is 0.307. The second-order valence-electron chi connectivity index (χ2n) is 3.22. The van der Waals surface area contributed by atoms with E-state index in [1.54, 1.807) is 24.3 Å². The number of hydrogen-bond acceptors (Lipinski definition) is 5. The van der Waals surface area contributed by atoms with Gasteiger partial charge in [0, 0.05) is 25.3 Å². The van der Waals surface area contributed by atoms with E-state index in [-0.39, 0.29) is 0 Å². The van der Waals surface area contributed by atoms with Gasteiger partial charge in [0.15, 0.2) is 6.29 Å². The lowest BCUT2D eigenvalue weighted by molar-refractivity contribution is -0.233. The quantitative estimate of drug-likeness (QED) is 0.437. The van der Waals surface area contributed by atoms with Gasteiger partial charge in [-0.05, 0) is 0 Å². The minimum Gasteiger partial charge on any atom is -0.465 e. The van der Waals surface area contributed by atoms with E-state index in [9.17, 15) is 9.59 Å². The van der Waals surface area contributed by atoms with Gasteiger partial charge in [-0.1, -0.05) is 24.3 Å². The zero-order chi connectivity index (χ0) is 12.9. The lowest BCUT2D eigenvalue weighted by Crippen LogP contribution is -2.41. The zero-order valence-electron chi connectivity index (χ0n) is 9.93. The molecular weight excluding hydrogens is 224 g/mol. The Morgan fingerprint density at radius 1 is 1.18 bits per heavy atom. The molecule has 5 nitrogen and oxygen atoms in total. The van der Waals surface area contributed by atoms with Crippen LogP contribution in [0.15, 0.2) is 24.3 Å². The number of benzene rings is 1. The molecule has 0 atom stereocenters. The number of ether oxygens (including phenoxy) is 3. The van der Waals surface area contributed by atoms with E-state index in [2.05, 4.69) is 4.74 Å². The van der Waals surface area contributed by atoms with Crippen molar-refractivity contribution in [3.63, 3.8) is 0 Å². The molecule has 0 aliphatic heterocycles. The predicted octanol–water partition coefficient (Wildman–Crippen LogP) is 1.12. The van der Waals surface area contributed by atoms with Crippen molar-refractivity contribution in [2.45, 2.75) is 5.79 Å². The van der Waals surface area contributed by atoms with Gasteiger partial charge in [0.25, 0.3) is 5.79 Å². The fourth-order valence-corrected chi connectivity index (χ4v) is 1.61. The Balaban J connectivity index is 3.41. The second kappa shape index (κ2) is 5.56. The summed E-state index contributed by atoms with van der Waals surface area (Å²) in [5.74, 6) is -2.44. The largest absolute Gasteiger partial charge is 0.465 e. The highest BCUT2D eigenvalue weighted by atomic mass is 16.7. The number of rotatable bonds is 5. The molecule has 17 heavy (non-hydrogen) atoms. The van der Waals surface area contributed by atoms with Crippen LogP contribution in [0.25, 0.3) is 0 Å². The van der Waals surface area contributed by atoms with Crippen LogP contribution in [-0.2, 0) is 24.8 Å². The van der Waals surface area contributed by atoms with Gasteiger partial charge in [0.05, 0.1) is 7.11 Å². The van der Waals surface area contributed by atoms with E-state index in [0.29, 0.717) is 17.4 Å². The molecule has 5 heteroatoms. The van der Waals surface area contributed by atoms with Crippen molar-refractivity contribution in [3.8, 4) is 0 Å². The lowest BCUT2D eigenvalue weighted by atomic mass is 10.00. The minimum atomic E-state index is -1.72. The van der Waals surface area contributed by atoms with E-state index < -0.39 is 11.8 Å². The van der Waals surface area contributed by atoms with Gasteiger partial charge in [-0.15, -0.1) is 0 Å². The van der Waals surface area contributed by atoms with Crippen LogP contribution in [0.1, 0.15) is 15.9 Å². The number of aldehydes is 1. The third-order valence-electron chi connectivity index (χ3n) is 2.47. The molecule has 1 aromatic carbocycles. The van der Waals surface area contributed by atoms with Gasteiger partial charge in [-0.25, -0.2) is 4.79 Å². The van der Waals surface area contributed by atoms with Gasteiger partial charge in [-0.3, -0.25) is 4.79 Å². The number of methoxy groups -OCH3 is 3. The van der Waals surface area contributed by atoms with Crippen LogP contribution in [-0.4, -0.2) is 33.6 Å². The number of hydrogen-bond donors (Lipinski definition) is 0. The maximum atomic E-state index is 11.8. The summed E-state index contributed by atoms with van der Waals surface area (Å²) in [4.78, 5) is 22.7. The van der Waals surface area contributed by atoms with Gasteiger partial charge in [-0.2, -0.15) is 0 Å². The summed E-state index contributed by atoms with van der Waals surface area (Å²) < 4.78 is 14.9. The monoisotopic (exact) mass is 238 g/mol. The van der Waals surface area contributed by atoms with Crippen molar-refractivity contribution in [1.82, 2.24) is 0 Å². The van der Waals surface area contributed by atoms with E-state index in [1.165, 1.54) is 21.3 Å². The van der Waals surface area contributed by atoms with Crippen LogP contribution in [0.4, 0.5) is 0 Å². The second-order valence-corrected chi connectivity index (χ2v) is 3.22. The van der Waals surface area contributed by atoms with E-state index >= 15 is 0 Å². The summed E-state index contributed by atoms with van der Waals surface area (Å²) >= 11 is 0. The Hall–Kier alpha value is -1.72. The first-order valence-corrected chi connectivity index (χ1v) is 4.89. The smallest absolute Gasteiger partial charge is 0.371 e. The van der Waals surface area contributed by atoms with Crippen molar-refractivity contribution in [1.29, 1.82) is 0 Å². The molecule has 0 bridgehead atoms. The van der Waals surface area contributed by atoms with Gasteiger partial charge in [0.2, 0.25) is 0 Å².